The van der Waals surface area contributed by atoms with Crippen molar-refractivity contribution in [2.75, 3.05) is 6.61 Å². The van der Waals surface area contributed by atoms with Gasteiger partial charge in [-0.25, -0.2) is 4.79 Å². The van der Waals surface area contributed by atoms with E-state index in [2.05, 4.69) is 4.74 Å². The van der Waals surface area contributed by atoms with Gasteiger partial charge in [-0.3, -0.25) is 0 Å². The van der Waals surface area contributed by atoms with E-state index in [0.717, 1.165) is 0 Å². The third kappa shape index (κ3) is 12.2. The lowest BCUT2D eigenvalue weighted by atomic mass is 9.87. The zero-order valence-electron chi connectivity index (χ0n) is 34.7. The van der Waals surface area contributed by atoms with Gasteiger partial charge >= 0.3 is 77.5 Å². The molecule has 2 nitrogen and oxygen atoms in total. The fourth-order valence-electron chi connectivity index (χ4n) is 6.03. The van der Waals surface area contributed by atoms with E-state index in [-0.39, 0.29) is 44.6 Å². The molecule has 0 saturated carbocycles. The summed E-state index contributed by atoms with van der Waals surface area (Å²) in [6, 6.07) is 0. The minimum absolute atomic E-state index is 0.122. The lowest BCUT2D eigenvalue weighted by Gasteiger charge is -2.39. The van der Waals surface area contributed by atoms with Gasteiger partial charge in [0.25, 0.3) is 0 Å². The molecule has 28 heteroatoms. The number of hydrogen-bond acceptors (Lipinski definition) is 2. The topological polar surface area (TPSA) is 26.3 Å². The van der Waals surface area contributed by atoms with Crippen LogP contribution in [0.15, 0.2) is 58.2 Å². The minimum Gasteiger partial charge on any atom is -0.463 e. The van der Waals surface area contributed by atoms with Gasteiger partial charge in [-0.05, 0) is 85.5 Å². The summed E-state index contributed by atoms with van der Waals surface area (Å²) >= 11 is 0. The summed E-state index contributed by atoms with van der Waals surface area (Å²) in [6.45, 7) is 3.78. The summed E-state index contributed by atoms with van der Waals surface area (Å²) < 4.78 is 371. The molecule has 0 bridgehead atoms. The van der Waals surface area contributed by atoms with E-state index in [9.17, 15) is 101 Å². The number of carbonyl (C=O) groups excluding carboxylic acids is 1. The molecule has 0 unspecified atom stereocenters. The number of rotatable bonds is 24. The van der Waals surface area contributed by atoms with Crippen LogP contribution in [0.5, 0.6) is 0 Å². The molecule has 0 aromatic carbocycles. The quantitative estimate of drug-likeness (QED) is 0.0417. The van der Waals surface area contributed by atoms with Crippen molar-refractivity contribution in [2.45, 2.75) is 169 Å². The Morgan fingerprint density at radius 2 is 0.821 bits per heavy atom. The van der Waals surface area contributed by atoms with E-state index < -0.39 is 163 Å². The molecule has 0 heterocycles. The van der Waals surface area contributed by atoms with Crippen molar-refractivity contribution < 1.29 is 124 Å². The highest BCUT2D eigenvalue weighted by Crippen LogP contribution is 2.62. The first kappa shape index (κ1) is 61.4. The van der Waals surface area contributed by atoms with Gasteiger partial charge in [-0.15, -0.1) is 0 Å². The molecule has 0 aromatic rings. The van der Waals surface area contributed by atoms with Crippen LogP contribution >= 0.6 is 0 Å². The van der Waals surface area contributed by atoms with E-state index in [1.54, 1.807) is 0 Å². The van der Waals surface area contributed by atoms with Crippen molar-refractivity contribution >= 4 is 5.97 Å². The smallest absolute Gasteiger partial charge is 0.460 e. The number of allylic oxidation sites excluding steroid dienone is 9. The van der Waals surface area contributed by atoms with E-state index in [4.69, 9.17) is 0 Å². The van der Waals surface area contributed by atoms with Crippen LogP contribution < -0.4 is 0 Å². The fraction of sp³-hybridized carbons (Fsp3) is 0.718. The number of esters is 1. The molecule has 1 rings (SSSR count). The highest BCUT2D eigenvalue weighted by molar-refractivity contribution is 5.83. The Morgan fingerprint density at radius 3 is 1.18 bits per heavy atom. The highest BCUT2D eigenvalue weighted by atomic mass is 19.4. The van der Waals surface area contributed by atoms with Gasteiger partial charge in [0.1, 0.15) is 0 Å². The van der Waals surface area contributed by atoms with E-state index >= 15 is 17.6 Å². The van der Waals surface area contributed by atoms with Crippen molar-refractivity contribution in [2.24, 2.45) is 0 Å². The summed E-state index contributed by atoms with van der Waals surface area (Å²) in [5.74, 6) is -80.6. The lowest BCUT2D eigenvalue weighted by molar-refractivity contribution is -0.436. The molecule has 0 N–H and O–H groups in total. The number of alkyl halides is 26. The van der Waals surface area contributed by atoms with E-state index in [0.29, 0.717) is 12.2 Å². The van der Waals surface area contributed by atoms with Crippen LogP contribution in [0.25, 0.3) is 0 Å². The minimum atomic E-state index is -8.35. The number of ether oxygens (including phenoxy) is 1. The maximum absolute atomic E-state index is 15.5. The van der Waals surface area contributed by atoms with Gasteiger partial charge in [-0.2, -0.15) is 114 Å². The average molecular weight is 1030 g/mol. The zero-order chi connectivity index (χ0) is 52.9. The fourth-order valence-corrected chi connectivity index (χ4v) is 6.03. The maximum atomic E-state index is 15.5. The van der Waals surface area contributed by atoms with Crippen molar-refractivity contribution in [3.8, 4) is 0 Å². The van der Waals surface area contributed by atoms with Gasteiger partial charge in [0.05, 0.1) is 6.61 Å². The first-order valence-corrected chi connectivity index (χ1v) is 19.5. The second kappa shape index (κ2) is 21.1. The molecule has 0 amide bonds. The number of carbonyl (C=O) groups is 1. The molecular formula is C39H40F26O2. The maximum Gasteiger partial charge on any atom is 0.460 e. The van der Waals surface area contributed by atoms with Crippen LogP contribution in [0.3, 0.4) is 0 Å². The predicted molar refractivity (Wildman–Crippen MR) is 185 cm³/mol. The lowest BCUT2D eigenvalue weighted by Crippen LogP contribution is -2.69. The molecule has 0 aromatic heterocycles. The molecule has 0 spiro atoms. The Bertz CT molecular complexity index is 1840. The van der Waals surface area contributed by atoms with Gasteiger partial charge < -0.3 is 4.74 Å². The van der Waals surface area contributed by atoms with Crippen LogP contribution in [-0.4, -0.2) is 84.2 Å². The van der Waals surface area contributed by atoms with Crippen LogP contribution in [-0.2, 0) is 9.53 Å². The Labute approximate surface area is 364 Å². The summed E-state index contributed by atoms with van der Waals surface area (Å²) in [4.78, 5) is 12.4. The largest absolute Gasteiger partial charge is 0.463 e. The Hall–Kier alpha value is -3.65. The zero-order valence-corrected chi connectivity index (χ0v) is 34.7. The summed E-state index contributed by atoms with van der Waals surface area (Å²) in [5, 5.41) is 0. The third-order valence-electron chi connectivity index (χ3n) is 9.95. The average Bonchev–Trinajstić information content (AvgIpc) is 3.38. The Kier molecular flexibility index (Phi) is 19.4. The third-order valence-corrected chi connectivity index (χ3v) is 9.95. The molecule has 0 atom stereocenters. The van der Waals surface area contributed by atoms with Crippen LogP contribution in [0.1, 0.15) is 97.8 Å². The molecule has 390 valence electrons. The molecule has 67 heavy (non-hydrogen) atoms. The summed E-state index contributed by atoms with van der Waals surface area (Å²) in [5.41, 5.74) is -5.88. The van der Waals surface area contributed by atoms with Crippen molar-refractivity contribution in [1.29, 1.82) is 0 Å². The highest BCUT2D eigenvalue weighted by Gasteiger charge is 2.92. The SMILES string of the molecule is CCCCCC/C(=C\C(F)(F)C(F)(F)C(F)(F)C(F)(F)C(F)(F)C(F)(F)F)C1=C/C(=C/C(=O)OCC)CCC(/C(=C/C(F)(F)C(F)(F)C(F)(F)C(F)(F)C(F)(F)C(F)(F)F)CCCCCC)=C1. The second-order valence-corrected chi connectivity index (χ2v) is 15.0. The number of unbranched alkanes of at least 4 members (excludes halogenated alkanes) is 6. The number of halogens is 26. The normalized spacial score (nSPS) is 17.4. The van der Waals surface area contributed by atoms with Gasteiger partial charge in [0.2, 0.25) is 0 Å². The first-order valence-electron chi connectivity index (χ1n) is 19.5. The molecule has 0 fully saturated rings. The number of hydrogen-bond donors (Lipinski definition) is 0. The molecule has 0 saturated heterocycles. The van der Waals surface area contributed by atoms with E-state index in [1.807, 2.05) is 0 Å². The molecule has 1 aliphatic rings. The second-order valence-electron chi connectivity index (χ2n) is 15.0. The van der Waals surface area contributed by atoms with Gasteiger partial charge in [-0.1, -0.05) is 64.5 Å². The van der Waals surface area contributed by atoms with E-state index in [1.165, 1.54) is 20.8 Å². The van der Waals surface area contributed by atoms with Crippen molar-refractivity contribution in [1.82, 2.24) is 0 Å². The predicted octanol–water partition coefficient (Wildman–Crippen LogP) is 16.4. The standard InChI is InChI=1S/C39H40F26O2/c1-4-7-9-11-13-24(20-28(40,41)30(44,45)32(48,49)34(52,53)36(56,57)38(60,61)62)23-16-15-22(18-27(66)67-6-3)17-26(19-23)25(14-12-10-8-5-2)21-29(42,43)31(46,47)33(50,51)35(54,55)37(58,59)39(63,64)65/h17-21H,4-16H2,1-3H3/b22-18+,24-20+,25-21+. The van der Waals surface area contributed by atoms with Crippen molar-refractivity contribution in [3.63, 3.8) is 0 Å². The first-order chi connectivity index (χ1) is 29.9. The Morgan fingerprint density at radius 1 is 0.463 bits per heavy atom. The van der Waals surface area contributed by atoms with Crippen LogP contribution in [0, 0.1) is 0 Å². The Balaban J connectivity index is 4.52. The summed E-state index contributed by atoms with van der Waals surface area (Å²) in [7, 11) is 0. The summed E-state index contributed by atoms with van der Waals surface area (Å²) in [6.07, 6.45) is -21.8. The monoisotopic (exact) mass is 1030 g/mol. The molecule has 0 radical (unpaired) electrons. The van der Waals surface area contributed by atoms with Gasteiger partial charge in [0.15, 0.2) is 0 Å². The van der Waals surface area contributed by atoms with Crippen LogP contribution in [0.4, 0.5) is 114 Å². The van der Waals surface area contributed by atoms with Crippen molar-refractivity contribution in [3.05, 3.63) is 58.2 Å². The molecule has 1 aliphatic carbocycles. The van der Waals surface area contributed by atoms with Gasteiger partial charge in [0, 0.05) is 6.08 Å². The van der Waals surface area contributed by atoms with Crippen LogP contribution in [0.2, 0.25) is 0 Å². The molecular weight excluding hydrogens is 994 g/mol. The molecule has 0 aliphatic heterocycles.